The van der Waals surface area contributed by atoms with Crippen molar-refractivity contribution >= 4 is 5.91 Å². The van der Waals surface area contributed by atoms with Crippen LogP contribution in [0, 0.1) is 5.92 Å². The van der Waals surface area contributed by atoms with Crippen LogP contribution in [0.4, 0.5) is 0 Å². The highest BCUT2D eigenvalue weighted by atomic mass is 16.1. The molecule has 1 amide bonds. The molecule has 0 aliphatic heterocycles. The smallest absolute Gasteiger partial charge is 0.220 e. The lowest BCUT2D eigenvalue weighted by Gasteiger charge is -2.20. The number of hydrogen-bond donors (Lipinski definition) is 2. The zero-order chi connectivity index (χ0) is 13.0. The van der Waals surface area contributed by atoms with Crippen LogP contribution in [0.2, 0.25) is 0 Å². The predicted octanol–water partition coefficient (Wildman–Crippen LogP) is 1.10. The van der Waals surface area contributed by atoms with Gasteiger partial charge in [-0.05, 0) is 38.1 Å². The molecule has 2 aliphatic carbocycles. The Hall–Kier alpha value is -0.610. The summed E-state index contributed by atoms with van der Waals surface area (Å²) in [6.07, 6.45) is 6.68. The van der Waals surface area contributed by atoms with Gasteiger partial charge in [0.25, 0.3) is 0 Å². The highest BCUT2D eigenvalue weighted by Gasteiger charge is 2.28. The Morgan fingerprint density at radius 1 is 1.33 bits per heavy atom. The molecule has 2 fully saturated rings. The molecule has 0 saturated heterocycles. The van der Waals surface area contributed by atoms with Gasteiger partial charge in [0.2, 0.25) is 5.91 Å². The maximum Gasteiger partial charge on any atom is 0.220 e. The zero-order valence-electron chi connectivity index (χ0n) is 11.5. The summed E-state index contributed by atoms with van der Waals surface area (Å²) >= 11 is 0. The second-order valence-corrected chi connectivity index (χ2v) is 5.77. The molecule has 0 heterocycles. The topological polar surface area (TPSA) is 58.4 Å². The highest BCUT2D eigenvalue weighted by Crippen LogP contribution is 2.27. The van der Waals surface area contributed by atoms with Crippen molar-refractivity contribution in [3.63, 3.8) is 0 Å². The number of carbonyl (C=O) groups excluding carboxylic acids is 1. The number of amides is 1. The first-order chi connectivity index (χ1) is 8.70. The van der Waals surface area contributed by atoms with Gasteiger partial charge in [-0.1, -0.05) is 13.3 Å². The van der Waals surface area contributed by atoms with E-state index >= 15 is 0 Å². The second-order valence-electron chi connectivity index (χ2n) is 5.77. The summed E-state index contributed by atoms with van der Waals surface area (Å²) in [5, 5.41) is 3.04. The Morgan fingerprint density at radius 3 is 2.67 bits per heavy atom. The van der Waals surface area contributed by atoms with Crippen molar-refractivity contribution in [1.29, 1.82) is 0 Å². The van der Waals surface area contributed by atoms with Gasteiger partial charge in [-0.2, -0.15) is 0 Å². The van der Waals surface area contributed by atoms with Crippen molar-refractivity contribution in [3.8, 4) is 0 Å². The van der Waals surface area contributed by atoms with Crippen molar-refractivity contribution in [2.45, 2.75) is 57.5 Å². The summed E-state index contributed by atoms with van der Waals surface area (Å²) in [5.41, 5.74) is 5.99. The molecule has 4 nitrogen and oxygen atoms in total. The fourth-order valence-electron chi connectivity index (χ4n) is 3.01. The van der Waals surface area contributed by atoms with E-state index < -0.39 is 0 Å². The molecule has 4 heteroatoms. The fraction of sp³-hybridized carbons (Fsp3) is 0.929. The Balaban J connectivity index is 1.59. The first-order valence-corrected chi connectivity index (χ1v) is 7.47. The van der Waals surface area contributed by atoms with Gasteiger partial charge < -0.3 is 11.1 Å². The van der Waals surface area contributed by atoms with E-state index in [9.17, 15) is 4.79 Å². The molecule has 0 bridgehead atoms. The third-order valence-electron chi connectivity index (χ3n) is 4.36. The fourth-order valence-corrected chi connectivity index (χ4v) is 3.01. The Kier molecular flexibility index (Phi) is 5.01. The van der Waals surface area contributed by atoms with Crippen LogP contribution in [0.3, 0.4) is 0 Å². The first-order valence-electron chi connectivity index (χ1n) is 7.47. The van der Waals surface area contributed by atoms with Crippen LogP contribution in [0.5, 0.6) is 0 Å². The minimum Gasteiger partial charge on any atom is -0.355 e. The van der Waals surface area contributed by atoms with Gasteiger partial charge in [0.1, 0.15) is 0 Å². The molecule has 0 aromatic heterocycles. The molecular weight excluding hydrogens is 226 g/mol. The van der Waals surface area contributed by atoms with Crippen molar-refractivity contribution < 1.29 is 4.79 Å². The van der Waals surface area contributed by atoms with Crippen molar-refractivity contribution in [2.24, 2.45) is 11.7 Å². The third kappa shape index (κ3) is 3.95. The maximum absolute atomic E-state index is 11.8. The maximum atomic E-state index is 11.8. The van der Waals surface area contributed by atoms with Crippen LogP contribution < -0.4 is 11.1 Å². The summed E-state index contributed by atoms with van der Waals surface area (Å²) < 4.78 is 0. The van der Waals surface area contributed by atoms with Crippen LogP contribution in [0.15, 0.2) is 0 Å². The predicted molar refractivity (Wildman–Crippen MR) is 73.2 cm³/mol. The lowest BCUT2D eigenvalue weighted by molar-refractivity contribution is -0.122. The summed E-state index contributed by atoms with van der Waals surface area (Å²) in [5.74, 6) is 0.597. The summed E-state index contributed by atoms with van der Waals surface area (Å²) in [4.78, 5) is 14.3. The van der Waals surface area contributed by atoms with Crippen LogP contribution in [0.25, 0.3) is 0 Å². The van der Waals surface area contributed by atoms with E-state index in [1.54, 1.807) is 0 Å². The molecule has 2 aliphatic rings. The number of rotatable bonds is 7. The Labute approximate surface area is 110 Å². The third-order valence-corrected chi connectivity index (χ3v) is 4.36. The molecule has 18 heavy (non-hydrogen) atoms. The summed E-state index contributed by atoms with van der Waals surface area (Å²) in [7, 11) is 0. The normalized spacial score (nSPS) is 27.7. The summed E-state index contributed by atoms with van der Waals surface area (Å²) in [6.45, 7) is 5.06. The average molecular weight is 253 g/mol. The van der Waals surface area contributed by atoms with Crippen LogP contribution >= 0.6 is 0 Å². The number of likely N-dealkylation sites (N-methyl/N-ethyl adjacent to an activating group) is 1. The lowest BCUT2D eigenvalue weighted by Crippen LogP contribution is -2.37. The van der Waals surface area contributed by atoms with Crippen molar-refractivity contribution in [3.05, 3.63) is 0 Å². The highest BCUT2D eigenvalue weighted by molar-refractivity contribution is 5.76. The number of nitrogens with zero attached hydrogens (tertiary/aromatic N) is 1. The molecular formula is C14H27N3O. The van der Waals surface area contributed by atoms with Gasteiger partial charge in [0.05, 0.1) is 0 Å². The molecule has 3 N–H and O–H groups in total. The molecule has 2 saturated carbocycles. The van der Waals surface area contributed by atoms with E-state index in [4.69, 9.17) is 5.73 Å². The number of hydrogen-bond acceptors (Lipinski definition) is 3. The molecule has 0 spiro atoms. The summed E-state index contributed by atoms with van der Waals surface area (Å²) in [6, 6.07) is 1.03. The van der Waals surface area contributed by atoms with E-state index in [1.165, 1.54) is 19.3 Å². The average Bonchev–Trinajstić information content (AvgIpc) is 3.11. The minimum atomic E-state index is 0.184. The number of carbonyl (C=O) groups is 1. The Bertz CT molecular complexity index is 278. The van der Waals surface area contributed by atoms with E-state index in [2.05, 4.69) is 17.1 Å². The van der Waals surface area contributed by atoms with Gasteiger partial charge in [0.15, 0.2) is 0 Å². The number of nitrogens with two attached hydrogens (primary N) is 1. The quantitative estimate of drug-likeness (QED) is 0.714. The second kappa shape index (κ2) is 6.53. The zero-order valence-corrected chi connectivity index (χ0v) is 11.5. The molecule has 104 valence electrons. The van der Waals surface area contributed by atoms with E-state index in [1.807, 2.05) is 0 Å². The minimum absolute atomic E-state index is 0.184. The van der Waals surface area contributed by atoms with Gasteiger partial charge in [0, 0.05) is 31.6 Å². The van der Waals surface area contributed by atoms with E-state index in [0.717, 1.165) is 38.5 Å². The number of nitrogens with one attached hydrogen (secondary N) is 1. The first kappa shape index (κ1) is 13.8. The van der Waals surface area contributed by atoms with E-state index in [-0.39, 0.29) is 11.9 Å². The van der Waals surface area contributed by atoms with Crippen LogP contribution in [-0.4, -0.2) is 42.5 Å². The van der Waals surface area contributed by atoms with Crippen LogP contribution in [0.1, 0.15) is 45.4 Å². The van der Waals surface area contributed by atoms with Gasteiger partial charge in [-0.15, -0.1) is 0 Å². The van der Waals surface area contributed by atoms with Gasteiger partial charge >= 0.3 is 0 Å². The van der Waals surface area contributed by atoms with E-state index in [0.29, 0.717) is 12.3 Å². The molecule has 2 atom stereocenters. The monoisotopic (exact) mass is 253 g/mol. The van der Waals surface area contributed by atoms with Crippen molar-refractivity contribution in [2.75, 3.05) is 19.6 Å². The SMILES string of the molecule is CCN(CCNC(=O)C[C@@H]1CCC[C@H]1N)C1CC1. The van der Waals surface area contributed by atoms with Crippen molar-refractivity contribution in [1.82, 2.24) is 10.2 Å². The molecule has 0 radical (unpaired) electrons. The molecule has 2 rings (SSSR count). The standard InChI is InChI=1S/C14H27N3O/c1-2-17(12-6-7-12)9-8-16-14(18)10-11-4-3-5-13(11)15/h11-13H,2-10,15H2,1H3,(H,16,18)/t11-,13+/m0/s1. The van der Waals surface area contributed by atoms with Gasteiger partial charge in [-0.25, -0.2) is 0 Å². The van der Waals surface area contributed by atoms with Crippen LogP contribution in [-0.2, 0) is 4.79 Å². The van der Waals surface area contributed by atoms with Gasteiger partial charge in [-0.3, -0.25) is 9.69 Å². The molecule has 0 aromatic rings. The molecule has 0 aromatic carbocycles. The molecule has 0 unspecified atom stereocenters. The lowest BCUT2D eigenvalue weighted by atomic mass is 10.00. The largest absolute Gasteiger partial charge is 0.355 e. The Morgan fingerprint density at radius 2 is 2.11 bits per heavy atom.